The maximum Gasteiger partial charge on any atom is 0.268 e. The Morgan fingerprint density at radius 2 is 2.07 bits per heavy atom. The van der Waals surface area contributed by atoms with E-state index in [1.165, 1.54) is 43.5 Å². The van der Waals surface area contributed by atoms with Gasteiger partial charge in [0.1, 0.15) is 11.6 Å². The van der Waals surface area contributed by atoms with E-state index in [1.54, 1.807) is 6.07 Å². The van der Waals surface area contributed by atoms with Crippen LogP contribution >= 0.6 is 11.3 Å². The van der Waals surface area contributed by atoms with Crippen LogP contribution in [0, 0.1) is 11.3 Å². The van der Waals surface area contributed by atoms with Gasteiger partial charge in [-0.25, -0.2) is 13.4 Å². The first-order valence-electron chi connectivity index (χ1n) is 8.12. The summed E-state index contributed by atoms with van der Waals surface area (Å²) >= 11 is 1.10. The molecular formula is C19H15N3O5S2. The molecule has 1 heterocycles. The number of carbonyl (C=O) groups excluding carboxylic acids is 1. The van der Waals surface area contributed by atoms with E-state index in [9.17, 15) is 23.6 Å². The van der Waals surface area contributed by atoms with Gasteiger partial charge in [-0.2, -0.15) is 5.26 Å². The van der Waals surface area contributed by atoms with Crippen molar-refractivity contribution in [2.24, 2.45) is 0 Å². The Morgan fingerprint density at radius 3 is 2.72 bits per heavy atom. The van der Waals surface area contributed by atoms with Crippen molar-refractivity contribution in [3.8, 4) is 17.6 Å². The smallest absolute Gasteiger partial charge is 0.268 e. The Hall–Kier alpha value is -3.42. The molecule has 0 saturated carbocycles. The highest BCUT2D eigenvalue weighted by atomic mass is 32.2. The molecule has 29 heavy (non-hydrogen) atoms. The van der Waals surface area contributed by atoms with Crippen LogP contribution in [0.2, 0.25) is 0 Å². The second kappa shape index (κ2) is 7.90. The number of hydrogen-bond donors (Lipinski definition) is 2. The third-order valence-corrected chi connectivity index (χ3v) is 5.93. The zero-order chi connectivity index (χ0) is 21.2. The number of sulfone groups is 1. The van der Waals surface area contributed by atoms with Gasteiger partial charge in [-0.3, -0.25) is 10.1 Å². The Balaban J connectivity index is 1.87. The molecule has 3 rings (SSSR count). The lowest BCUT2D eigenvalue weighted by Gasteiger charge is -2.04. The van der Waals surface area contributed by atoms with E-state index in [0.717, 1.165) is 17.6 Å². The van der Waals surface area contributed by atoms with E-state index in [2.05, 4.69) is 10.3 Å². The van der Waals surface area contributed by atoms with Crippen LogP contribution in [0.25, 0.3) is 16.3 Å². The van der Waals surface area contributed by atoms with Crippen LogP contribution in [0.5, 0.6) is 11.5 Å². The first kappa shape index (κ1) is 20.3. The highest BCUT2D eigenvalue weighted by Gasteiger charge is 2.15. The van der Waals surface area contributed by atoms with Gasteiger partial charge >= 0.3 is 0 Å². The van der Waals surface area contributed by atoms with E-state index < -0.39 is 15.7 Å². The number of rotatable bonds is 5. The predicted octanol–water partition coefficient (Wildman–Crippen LogP) is 2.96. The number of methoxy groups -OCH3 is 1. The zero-order valence-electron chi connectivity index (χ0n) is 15.3. The van der Waals surface area contributed by atoms with Crippen molar-refractivity contribution in [3.63, 3.8) is 0 Å². The molecule has 8 nitrogen and oxygen atoms in total. The fraction of sp³-hybridized carbons (Fsp3) is 0.105. The molecule has 0 aliphatic heterocycles. The van der Waals surface area contributed by atoms with Crippen molar-refractivity contribution in [2.45, 2.75) is 4.90 Å². The Kier molecular flexibility index (Phi) is 5.54. The number of amides is 1. The largest absolute Gasteiger partial charge is 0.504 e. The minimum atomic E-state index is -3.36. The zero-order valence-corrected chi connectivity index (χ0v) is 17.0. The van der Waals surface area contributed by atoms with Crippen molar-refractivity contribution < 1.29 is 23.1 Å². The number of phenols is 1. The van der Waals surface area contributed by atoms with Gasteiger partial charge in [0, 0.05) is 6.26 Å². The van der Waals surface area contributed by atoms with Crippen molar-refractivity contribution in [1.29, 1.82) is 5.26 Å². The van der Waals surface area contributed by atoms with Crippen LogP contribution in [0.3, 0.4) is 0 Å². The number of fused-ring (bicyclic) bond motifs is 1. The van der Waals surface area contributed by atoms with E-state index in [1.807, 2.05) is 6.07 Å². The monoisotopic (exact) mass is 429 g/mol. The molecule has 1 aromatic heterocycles. The number of ether oxygens (including phenoxy) is 1. The average Bonchev–Trinajstić information content (AvgIpc) is 3.07. The number of hydrogen-bond acceptors (Lipinski definition) is 8. The molecule has 0 radical (unpaired) electrons. The van der Waals surface area contributed by atoms with Crippen LogP contribution in [0.1, 0.15) is 5.56 Å². The fourth-order valence-corrected chi connectivity index (χ4v) is 4.07. The highest BCUT2D eigenvalue weighted by Crippen LogP contribution is 2.29. The summed E-state index contributed by atoms with van der Waals surface area (Å²) in [7, 11) is -1.97. The molecule has 0 atom stereocenters. The number of nitrogens with zero attached hydrogens (tertiary/aromatic N) is 2. The maximum absolute atomic E-state index is 12.5. The SMILES string of the molecule is COc1cc(/C=C(\C#N)C(=O)Nc2nc3ccc(S(C)(=O)=O)cc3s2)ccc1O. The average molecular weight is 429 g/mol. The first-order valence-corrected chi connectivity index (χ1v) is 10.8. The van der Waals surface area contributed by atoms with E-state index in [-0.39, 0.29) is 27.1 Å². The molecule has 0 bridgehead atoms. The van der Waals surface area contributed by atoms with Gasteiger partial charge in [-0.05, 0) is 42.0 Å². The number of aromatic nitrogens is 1. The number of nitriles is 1. The van der Waals surface area contributed by atoms with Crippen LogP contribution in [0.4, 0.5) is 5.13 Å². The van der Waals surface area contributed by atoms with Gasteiger partial charge in [0.15, 0.2) is 26.5 Å². The molecule has 2 aromatic carbocycles. The van der Waals surface area contributed by atoms with Gasteiger partial charge < -0.3 is 9.84 Å². The molecule has 10 heteroatoms. The minimum Gasteiger partial charge on any atom is -0.504 e. The molecule has 2 N–H and O–H groups in total. The molecule has 1 amide bonds. The molecule has 0 unspecified atom stereocenters. The summed E-state index contributed by atoms with van der Waals surface area (Å²) in [5.74, 6) is -0.512. The molecule has 0 aliphatic carbocycles. The lowest BCUT2D eigenvalue weighted by Crippen LogP contribution is -2.13. The summed E-state index contributed by atoms with van der Waals surface area (Å²) < 4.78 is 29.0. The fourth-order valence-electron chi connectivity index (χ4n) is 2.45. The van der Waals surface area contributed by atoms with E-state index >= 15 is 0 Å². The number of anilines is 1. The predicted molar refractivity (Wildman–Crippen MR) is 110 cm³/mol. The number of phenolic OH excluding ortho intramolecular Hbond substituents is 1. The van der Waals surface area contributed by atoms with Crippen molar-refractivity contribution in [2.75, 3.05) is 18.7 Å². The van der Waals surface area contributed by atoms with Crippen molar-refractivity contribution in [1.82, 2.24) is 4.98 Å². The third kappa shape index (κ3) is 4.53. The maximum atomic E-state index is 12.5. The van der Waals surface area contributed by atoms with E-state index in [4.69, 9.17) is 4.74 Å². The van der Waals surface area contributed by atoms with Crippen molar-refractivity contribution in [3.05, 3.63) is 47.5 Å². The van der Waals surface area contributed by atoms with Gasteiger partial charge in [0.05, 0.1) is 22.2 Å². The third-order valence-electron chi connectivity index (χ3n) is 3.89. The molecule has 148 valence electrons. The molecule has 0 aliphatic rings. The topological polar surface area (TPSA) is 129 Å². The van der Waals surface area contributed by atoms with Gasteiger partial charge in [0.2, 0.25) is 0 Å². The summed E-state index contributed by atoms with van der Waals surface area (Å²) in [5.41, 5.74) is 0.853. The summed E-state index contributed by atoms with van der Waals surface area (Å²) in [6.45, 7) is 0. The minimum absolute atomic E-state index is 0.0597. The molecule has 0 saturated heterocycles. The molecular weight excluding hydrogens is 414 g/mol. The van der Waals surface area contributed by atoms with Crippen LogP contribution in [-0.4, -0.2) is 37.8 Å². The number of benzene rings is 2. The second-order valence-electron chi connectivity index (χ2n) is 5.98. The molecule has 0 fully saturated rings. The summed E-state index contributed by atoms with van der Waals surface area (Å²) in [6, 6.07) is 10.7. The van der Waals surface area contributed by atoms with Crippen LogP contribution in [0.15, 0.2) is 46.9 Å². The number of carbonyl (C=O) groups is 1. The molecule has 0 spiro atoms. The van der Waals surface area contributed by atoms with Crippen molar-refractivity contribution >= 4 is 48.5 Å². The number of nitrogens with one attached hydrogen (secondary N) is 1. The second-order valence-corrected chi connectivity index (χ2v) is 9.02. The van der Waals surface area contributed by atoms with Gasteiger partial charge in [0.25, 0.3) is 5.91 Å². The van der Waals surface area contributed by atoms with E-state index in [0.29, 0.717) is 15.8 Å². The molecule has 3 aromatic rings. The number of aromatic hydroxyl groups is 1. The normalized spacial score (nSPS) is 11.8. The van der Waals surface area contributed by atoms with Gasteiger partial charge in [-0.1, -0.05) is 17.4 Å². The van der Waals surface area contributed by atoms with Crippen LogP contribution < -0.4 is 10.1 Å². The lowest BCUT2D eigenvalue weighted by atomic mass is 10.1. The summed E-state index contributed by atoms with van der Waals surface area (Å²) in [4.78, 5) is 16.9. The summed E-state index contributed by atoms with van der Waals surface area (Å²) in [5, 5.41) is 21.8. The summed E-state index contributed by atoms with van der Waals surface area (Å²) in [6.07, 6.45) is 2.46. The lowest BCUT2D eigenvalue weighted by molar-refractivity contribution is -0.112. The van der Waals surface area contributed by atoms with Crippen LogP contribution in [-0.2, 0) is 14.6 Å². The highest BCUT2D eigenvalue weighted by molar-refractivity contribution is 7.90. The van der Waals surface area contributed by atoms with Gasteiger partial charge in [-0.15, -0.1) is 0 Å². The Bertz CT molecular complexity index is 1290. The quantitative estimate of drug-likeness (QED) is 0.471. The Morgan fingerprint density at radius 1 is 1.31 bits per heavy atom. The Labute approximate surface area is 170 Å². The standard InChI is InChI=1S/C19H15N3O5S2/c1-27-16-8-11(3-6-15(16)23)7-12(10-20)18(24)22-19-21-14-5-4-13(29(2,25)26)9-17(14)28-19/h3-9,23H,1-2H3,(H,21,22,24)/b12-7+. The first-order chi connectivity index (χ1) is 13.7. The number of thiazole rings is 1.